The first-order chi connectivity index (χ1) is 7.56. The zero-order chi connectivity index (χ0) is 12.1. The third-order valence-corrected chi connectivity index (χ3v) is 3.10. The molecular weight excluding hydrogens is 196 g/mol. The van der Waals surface area contributed by atoms with Crippen LogP contribution in [-0.4, -0.2) is 25.5 Å². The van der Waals surface area contributed by atoms with Gasteiger partial charge in [0.05, 0.1) is 0 Å². The van der Waals surface area contributed by atoms with Crippen LogP contribution in [0.15, 0.2) is 24.3 Å². The van der Waals surface area contributed by atoms with Crippen molar-refractivity contribution in [1.29, 1.82) is 0 Å². The van der Waals surface area contributed by atoms with Crippen LogP contribution in [0.2, 0.25) is 0 Å². The fourth-order valence-electron chi connectivity index (χ4n) is 2.41. The summed E-state index contributed by atoms with van der Waals surface area (Å²) in [7, 11) is 4.28. The molecule has 0 saturated carbocycles. The third kappa shape index (κ3) is 3.32. The van der Waals surface area contributed by atoms with Crippen LogP contribution in [-0.2, 0) is 0 Å². The fraction of sp³-hybridized carbons (Fsp3) is 0.571. The summed E-state index contributed by atoms with van der Waals surface area (Å²) >= 11 is 0. The lowest BCUT2D eigenvalue weighted by atomic mass is 9.90. The van der Waals surface area contributed by atoms with Gasteiger partial charge in [0.15, 0.2) is 0 Å². The van der Waals surface area contributed by atoms with E-state index in [1.54, 1.807) is 0 Å². The Morgan fingerprint density at radius 3 is 2.50 bits per heavy atom. The molecule has 2 heteroatoms. The number of nitrogens with two attached hydrogens (primary N) is 1. The molecule has 2 N–H and O–H groups in total. The largest absolute Gasteiger partial charge is 0.330 e. The highest BCUT2D eigenvalue weighted by Gasteiger charge is 2.20. The van der Waals surface area contributed by atoms with Gasteiger partial charge in [0.1, 0.15) is 0 Å². The molecule has 2 atom stereocenters. The van der Waals surface area contributed by atoms with Gasteiger partial charge >= 0.3 is 0 Å². The summed E-state index contributed by atoms with van der Waals surface area (Å²) < 4.78 is 0. The van der Waals surface area contributed by atoms with Gasteiger partial charge in [0, 0.05) is 6.04 Å². The van der Waals surface area contributed by atoms with Gasteiger partial charge in [-0.15, -0.1) is 0 Å². The third-order valence-electron chi connectivity index (χ3n) is 3.10. The lowest BCUT2D eigenvalue weighted by Crippen LogP contribution is -2.27. The lowest BCUT2D eigenvalue weighted by Gasteiger charge is -2.30. The molecule has 0 aliphatic rings. The smallest absolute Gasteiger partial charge is 0.0368 e. The predicted molar refractivity (Wildman–Crippen MR) is 70.4 cm³/mol. The van der Waals surface area contributed by atoms with Crippen LogP contribution in [0.3, 0.4) is 0 Å². The average molecular weight is 220 g/mol. The van der Waals surface area contributed by atoms with Crippen molar-refractivity contribution in [3.63, 3.8) is 0 Å². The molecule has 0 amide bonds. The van der Waals surface area contributed by atoms with Crippen molar-refractivity contribution >= 4 is 0 Å². The van der Waals surface area contributed by atoms with Gasteiger partial charge in [-0.1, -0.05) is 36.8 Å². The lowest BCUT2D eigenvalue weighted by molar-refractivity contribution is 0.217. The van der Waals surface area contributed by atoms with E-state index in [-0.39, 0.29) is 0 Å². The van der Waals surface area contributed by atoms with Gasteiger partial charge in [0.25, 0.3) is 0 Å². The van der Waals surface area contributed by atoms with E-state index in [0.717, 1.165) is 13.0 Å². The van der Waals surface area contributed by atoms with Crippen molar-refractivity contribution in [2.45, 2.75) is 26.3 Å². The van der Waals surface area contributed by atoms with E-state index in [2.05, 4.69) is 57.1 Å². The van der Waals surface area contributed by atoms with Gasteiger partial charge in [-0.25, -0.2) is 0 Å². The predicted octanol–water partition coefficient (Wildman–Crippen LogP) is 2.58. The summed E-state index contributed by atoms with van der Waals surface area (Å²) in [6.45, 7) is 5.18. The molecule has 0 heterocycles. The number of rotatable bonds is 5. The van der Waals surface area contributed by atoms with E-state index >= 15 is 0 Å². The normalized spacial score (nSPS) is 15.1. The summed E-state index contributed by atoms with van der Waals surface area (Å²) in [6.07, 6.45) is 1.07. The maximum absolute atomic E-state index is 5.66. The Labute approximate surface area is 99.5 Å². The van der Waals surface area contributed by atoms with Crippen LogP contribution in [0.5, 0.6) is 0 Å². The maximum Gasteiger partial charge on any atom is 0.0368 e. The van der Waals surface area contributed by atoms with Crippen LogP contribution in [0, 0.1) is 12.8 Å². The van der Waals surface area contributed by atoms with E-state index < -0.39 is 0 Å². The van der Waals surface area contributed by atoms with Crippen molar-refractivity contribution < 1.29 is 0 Å². The SMILES string of the molecule is Cc1cccc(C(C(C)CCN)N(C)C)c1. The van der Waals surface area contributed by atoms with E-state index in [1.165, 1.54) is 11.1 Å². The topological polar surface area (TPSA) is 29.3 Å². The van der Waals surface area contributed by atoms with E-state index in [0.29, 0.717) is 12.0 Å². The minimum absolute atomic E-state index is 0.462. The first kappa shape index (κ1) is 13.2. The van der Waals surface area contributed by atoms with Crippen LogP contribution in [0.25, 0.3) is 0 Å². The second-order valence-corrected chi connectivity index (χ2v) is 4.88. The molecule has 90 valence electrons. The maximum atomic E-state index is 5.66. The van der Waals surface area contributed by atoms with Crippen molar-refractivity contribution in [2.75, 3.05) is 20.6 Å². The quantitative estimate of drug-likeness (QED) is 0.826. The van der Waals surface area contributed by atoms with Crippen LogP contribution in [0.1, 0.15) is 30.5 Å². The van der Waals surface area contributed by atoms with E-state index in [1.807, 2.05) is 0 Å². The molecule has 0 bridgehead atoms. The highest BCUT2D eigenvalue weighted by molar-refractivity contribution is 5.25. The van der Waals surface area contributed by atoms with E-state index in [9.17, 15) is 0 Å². The molecule has 0 aliphatic heterocycles. The molecule has 0 aromatic heterocycles. The molecule has 1 aromatic rings. The Balaban J connectivity index is 2.93. The van der Waals surface area contributed by atoms with Crippen molar-refractivity contribution in [1.82, 2.24) is 4.90 Å². The molecular formula is C14H24N2. The highest BCUT2D eigenvalue weighted by Crippen LogP contribution is 2.28. The summed E-state index contributed by atoms with van der Waals surface area (Å²) in [5.74, 6) is 0.585. The summed E-state index contributed by atoms with van der Waals surface area (Å²) in [5.41, 5.74) is 8.37. The van der Waals surface area contributed by atoms with E-state index in [4.69, 9.17) is 5.73 Å². The molecule has 2 unspecified atom stereocenters. The summed E-state index contributed by atoms with van der Waals surface area (Å²) in [6, 6.07) is 9.23. The highest BCUT2D eigenvalue weighted by atomic mass is 15.1. The Morgan fingerprint density at radius 2 is 2.00 bits per heavy atom. The van der Waals surface area contributed by atoms with Crippen LogP contribution < -0.4 is 5.73 Å². The molecule has 0 spiro atoms. The number of nitrogens with zero attached hydrogens (tertiary/aromatic N) is 1. The molecule has 1 rings (SSSR count). The molecule has 16 heavy (non-hydrogen) atoms. The van der Waals surface area contributed by atoms with Gasteiger partial charge in [0.2, 0.25) is 0 Å². The molecule has 0 radical (unpaired) electrons. The average Bonchev–Trinajstić information content (AvgIpc) is 2.17. The van der Waals surface area contributed by atoms with Crippen LogP contribution >= 0.6 is 0 Å². The second kappa shape index (κ2) is 6.02. The van der Waals surface area contributed by atoms with Crippen LogP contribution in [0.4, 0.5) is 0 Å². The first-order valence-corrected chi connectivity index (χ1v) is 5.99. The summed E-state index contributed by atoms with van der Waals surface area (Å²) in [4.78, 5) is 2.29. The zero-order valence-corrected chi connectivity index (χ0v) is 10.9. The summed E-state index contributed by atoms with van der Waals surface area (Å²) in [5, 5.41) is 0. The Bertz CT molecular complexity index is 320. The molecule has 0 saturated heterocycles. The van der Waals surface area contributed by atoms with Crippen molar-refractivity contribution in [3.05, 3.63) is 35.4 Å². The van der Waals surface area contributed by atoms with Crippen molar-refractivity contribution in [2.24, 2.45) is 11.7 Å². The standard InChI is InChI=1S/C14H24N2/c1-11-6-5-7-13(10-11)14(16(3)4)12(2)8-9-15/h5-7,10,12,14H,8-9,15H2,1-4H3. The molecule has 2 nitrogen and oxygen atoms in total. The number of hydrogen-bond acceptors (Lipinski definition) is 2. The Morgan fingerprint density at radius 1 is 1.31 bits per heavy atom. The number of aryl methyl sites for hydroxylation is 1. The van der Waals surface area contributed by atoms with Crippen molar-refractivity contribution in [3.8, 4) is 0 Å². The Kier molecular flexibility index (Phi) is 4.97. The van der Waals surface area contributed by atoms with Gasteiger partial charge < -0.3 is 10.6 Å². The number of benzene rings is 1. The first-order valence-electron chi connectivity index (χ1n) is 5.99. The number of hydrogen-bond donors (Lipinski definition) is 1. The minimum Gasteiger partial charge on any atom is -0.330 e. The Hall–Kier alpha value is -0.860. The van der Waals surface area contributed by atoms with Gasteiger partial charge in [-0.05, 0) is 45.5 Å². The van der Waals surface area contributed by atoms with Gasteiger partial charge in [-0.3, -0.25) is 0 Å². The zero-order valence-electron chi connectivity index (χ0n) is 10.9. The molecule has 0 aliphatic carbocycles. The molecule has 1 aromatic carbocycles. The minimum atomic E-state index is 0.462. The monoisotopic (exact) mass is 220 g/mol. The fourth-order valence-corrected chi connectivity index (χ4v) is 2.41. The molecule has 0 fully saturated rings. The van der Waals surface area contributed by atoms with Gasteiger partial charge in [-0.2, -0.15) is 0 Å². The second-order valence-electron chi connectivity index (χ2n) is 4.88.